The summed E-state index contributed by atoms with van der Waals surface area (Å²) >= 11 is 0. The van der Waals surface area contributed by atoms with Crippen LogP contribution in [0.2, 0.25) is 0 Å². The molecule has 1 N–H and O–H groups in total. The number of amides is 1. The van der Waals surface area contributed by atoms with Gasteiger partial charge >= 0.3 is 0 Å². The largest absolute Gasteiger partial charge is 0.340 e. The first kappa shape index (κ1) is 14.8. The van der Waals surface area contributed by atoms with E-state index in [1.165, 1.54) is 12.1 Å². The maximum atomic E-state index is 13.5. The molecule has 3 aromatic rings. The van der Waals surface area contributed by atoms with Gasteiger partial charge < -0.3 is 9.88 Å². The summed E-state index contributed by atoms with van der Waals surface area (Å²) in [5, 5.41) is 0. The molecule has 1 aliphatic rings. The van der Waals surface area contributed by atoms with Crippen molar-refractivity contribution in [2.45, 2.75) is 26.2 Å². The minimum atomic E-state index is -0.268. The molecule has 4 rings (SSSR count). The summed E-state index contributed by atoms with van der Waals surface area (Å²) in [6, 6.07) is 6.31. The lowest BCUT2D eigenvalue weighted by atomic mass is 10.0. The molecule has 1 amide bonds. The van der Waals surface area contributed by atoms with Gasteiger partial charge in [-0.05, 0) is 42.7 Å². The number of halogens is 1. The van der Waals surface area contributed by atoms with Crippen LogP contribution in [0.15, 0.2) is 30.5 Å². The van der Waals surface area contributed by atoms with Crippen LogP contribution in [0, 0.1) is 5.82 Å². The molecule has 0 radical (unpaired) electrons. The Kier molecular flexibility index (Phi) is 3.52. The molecule has 0 saturated heterocycles. The molecular weight excluding hydrogens is 307 g/mol. The first-order valence-corrected chi connectivity index (χ1v) is 8.11. The lowest BCUT2D eigenvalue weighted by Gasteiger charge is -2.29. The van der Waals surface area contributed by atoms with Crippen molar-refractivity contribution in [2.24, 2.45) is 0 Å². The smallest absolute Gasteiger partial charge is 0.260 e. The molecule has 6 heteroatoms. The summed E-state index contributed by atoms with van der Waals surface area (Å²) < 4.78 is 13.5. The topological polar surface area (TPSA) is 61.9 Å². The van der Waals surface area contributed by atoms with Gasteiger partial charge in [-0.25, -0.2) is 14.4 Å². The minimum absolute atomic E-state index is 0.110. The molecule has 3 heterocycles. The number of aromatic amines is 1. The fraction of sp³-hybridized carbons (Fsp3) is 0.278. The lowest BCUT2D eigenvalue weighted by molar-refractivity contribution is 0.0986. The van der Waals surface area contributed by atoms with Crippen LogP contribution >= 0.6 is 0 Å². The molecule has 5 nitrogen and oxygen atoms in total. The third-order valence-corrected chi connectivity index (χ3v) is 4.41. The van der Waals surface area contributed by atoms with Crippen molar-refractivity contribution in [1.82, 2.24) is 15.0 Å². The van der Waals surface area contributed by atoms with Crippen molar-refractivity contribution in [2.75, 3.05) is 11.4 Å². The van der Waals surface area contributed by atoms with Crippen LogP contribution < -0.4 is 4.90 Å². The predicted octanol–water partition coefficient (Wildman–Crippen LogP) is 3.25. The summed E-state index contributed by atoms with van der Waals surface area (Å²) in [7, 11) is 0. The Hall–Kier alpha value is -2.76. The Morgan fingerprint density at radius 2 is 2.25 bits per heavy atom. The Morgan fingerprint density at radius 3 is 3.08 bits per heavy atom. The molecule has 0 unspecified atom stereocenters. The molecule has 0 saturated carbocycles. The number of carbonyl (C=O) groups excluding carboxylic acids is 1. The van der Waals surface area contributed by atoms with Gasteiger partial charge in [0.25, 0.3) is 5.91 Å². The molecule has 0 bridgehead atoms. The zero-order chi connectivity index (χ0) is 16.7. The van der Waals surface area contributed by atoms with E-state index in [2.05, 4.69) is 15.0 Å². The molecule has 24 heavy (non-hydrogen) atoms. The molecule has 1 aromatic carbocycles. The zero-order valence-corrected chi connectivity index (χ0v) is 13.3. The van der Waals surface area contributed by atoms with Crippen molar-refractivity contribution in [1.29, 1.82) is 0 Å². The summed E-state index contributed by atoms with van der Waals surface area (Å²) in [6.07, 6.45) is 3.95. The predicted molar refractivity (Wildman–Crippen MR) is 89.7 cm³/mol. The van der Waals surface area contributed by atoms with Crippen LogP contribution in [0.3, 0.4) is 0 Å². The zero-order valence-electron chi connectivity index (χ0n) is 13.3. The summed E-state index contributed by atoms with van der Waals surface area (Å²) in [6.45, 7) is 2.62. The van der Waals surface area contributed by atoms with Crippen LogP contribution in [0.25, 0.3) is 11.2 Å². The van der Waals surface area contributed by atoms with E-state index in [0.717, 1.165) is 36.3 Å². The highest BCUT2D eigenvalue weighted by Gasteiger charge is 2.26. The minimum Gasteiger partial charge on any atom is -0.340 e. The summed E-state index contributed by atoms with van der Waals surface area (Å²) in [5.41, 5.74) is 3.42. The molecule has 0 fully saturated rings. The SMILES string of the molecule is CCc1nc2nccc(C(=O)N3CCCc4cc(F)ccc43)c2[nH]1. The van der Waals surface area contributed by atoms with E-state index < -0.39 is 0 Å². The highest BCUT2D eigenvalue weighted by Crippen LogP contribution is 2.30. The van der Waals surface area contributed by atoms with E-state index in [-0.39, 0.29) is 11.7 Å². The first-order chi connectivity index (χ1) is 11.7. The average molecular weight is 324 g/mol. The maximum Gasteiger partial charge on any atom is 0.260 e. The Labute approximate surface area is 138 Å². The lowest BCUT2D eigenvalue weighted by Crippen LogP contribution is -2.35. The number of benzene rings is 1. The summed E-state index contributed by atoms with van der Waals surface area (Å²) in [4.78, 5) is 26.6. The Morgan fingerprint density at radius 1 is 1.38 bits per heavy atom. The van der Waals surface area contributed by atoms with Gasteiger partial charge in [0, 0.05) is 24.8 Å². The Balaban J connectivity index is 1.79. The molecule has 0 atom stereocenters. The average Bonchev–Trinajstić information content (AvgIpc) is 3.03. The normalized spacial score (nSPS) is 14.0. The number of rotatable bonds is 2. The number of aryl methyl sites for hydroxylation is 2. The van der Waals surface area contributed by atoms with Gasteiger partial charge in [-0.1, -0.05) is 6.92 Å². The van der Waals surface area contributed by atoms with Crippen LogP contribution in [0.1, 0.15) is 35.1 Å². The van der Waals surface area contributed by atoms with Crippen molar-refractivity contribution in [3.63, 3.8) is 0 Å². The molecule has 1 aliphatic heterocycles. The quantitative estimate of drug-likeness (QED) is 0.787. The van der Waals surface area contributed by atoms with E-state index in [4.69, 9.17) is 0 Å². The van der Waals surface area contributed by atoms with Crippen molar-refractivity contribution < 1.29 is 9.18 Å². The van der Waals surface area contributed by atoms with Gasteiger partial charge in [0.1, 0.15) is 11.6 Å². The monoisotopic (exact) mass is 324 g/mol. The number of imidazole rings is 1. The number of aromatic nitrogens is 3. The second-order valence-corrected chi connectivity index (χ2v) is 5.93. The Bertz CT molecular complexity index is 934. The number of hydrogen-bond acceptors (Lipinski definition) is 3. The maximum absolute atomic E-state index is 13.5. The van der Waals surface area contributed by atoms with E-state index in [1.807, 2.05) is 6.92 Å². The number of anilines is 1. The fourth-order valence-electron chi connectivity index (χ4n) is 3.23. The number of carbonyl (C=O) groups is 1. The standard InChI is InChI=1S/C18H17FN4O/c1-2-15-21-16-13(7-8-20-17(16)22-15)18(24)23-9-3-4-11-10-12(19)5-6-14(11)23/h5-8,10H,2-4,9H2,1H3,(H,20,21,22). The highest BCUT2D eigenvalue weighted by atomic mass is 19.1. The van der Waals surface area contributed by atoms with Gasteiger partial charge in [0.15, 0.2) is 5.65 Å². The van der Waals surface area contributed by atoms with Crippen molar-refractivity contribution in [3.8, 4) is 0 Å². The molecule has 122 valence electrons. The number of nitrogens with zero attached hydrogens (tertiary/aromatic N) is 3. The van der Waals surface area contributed by atoms with E-state index in [0.29, 0.717) is 23.3 Å². The molecule has 0 aliphatic carbocycles. The van der Waals surface area contributed by atoms with Crippen LogP contribution in [0.4, 0.5) is 10.1 Å². The van der Waals surface area contributed by atoms with Gasteiger partial charge in [0.05, 0.1) is 11.1 Å². The number of fused-ring (bicyclic) bond motifs is 2. The first-order valence-electron chi connectivity index (χ1n) is 8.11. The second-order valence-electron chi connectivity index (χ2n) is 5.93. The second kappa shape index (κ2) is 5.70. The number of hydrogen-bond donors (Lipinski definition) is 1. The van der Waals surface area contributed by atoms with Crippen molar-refractivity contribution >= 4 is 22.8 Å². The molecule has 2 aromatic heterocycles. The van der Waals surface area contributed by atoms with E-state index in [1.54, 1.807) is 23.2 Å². The van der Waals surface area contributed by atoms with Crippen LogP contribution in [-0.2, 0) is 12.8 Å². The van der Waals surface area contributed by atoms with Gasteiger partial charge in [0.2, 0.25) is 0 Å². The van der Waals surface area contributed by atoms with Gasteiger partial charge in [-0.3, -0.25) is 4.79 Å². The van der Waals surface area contributed by atoms with Crippen molar-refractivity contribution in [3.05, 3.63) is 53.2 Å². The fourth-order valence-corrected chi connectivity index (χ4v) is 3.23. The number of nitrogens with one attached hydrogen (secondary N) is 1. The van der Waals surface area contributed by atoms with E-state index >= 15 is 0 Å². The highest BCUT2D eigenvalue weighted by molar-refractivity contribution is 6.12. The summed E-state index contributed by atoms with van der Waals surface area (Å²) in [5.74, 6) is 0.427. The number of pyridine rings is 1. The van der Waals surface area contributed by atoms with E-state index in [9.17, 15) is 9.18 Å². The third kappa shape index (κ3) is 2.35. The molecular formula is C18H17FN4O. The molecule has 0 spiro atoms. The van der Waals surface area contributed by atoms with Crippen LogP contribution in [-0.4, -0.2) is 27.4 Å². The third-order valence-electron chi connectivity index (χ3n) is 4.41. The van der Waals surface area contributed by atoms with Gasteiger partial charge in [-0.2, -0.15) is 0 Å². The van der Waals surface area contributed by atoms with Gasteiger partial charge in [-0.15, -0.1) is 0 Å². The van der Waals surface area contributed by atoms with Crippen LogP contribution in [0.5, 0.6) is 0 Å². The number of H-pyrrole nitrogens is 1.